The van der Waals surface area contributed by atoms with Gasteiger partial charge < -0.3 is 15.0 Å². The number of carbonyl (C=O) groups is 1. The van der Waals surface area contributed by atoms with E-state index in [4.69, 9.17) is 0 Å². The van der Waals surface area contributed by atoms with Gasteiger partial charge in [-0.2, -0.15) is 0 Å². The van der Waals surface area contributed by atoms with Crippen LogP contribution in [0.3, 0.4) is 0 Å². The molecule has 5 nitrogen and oxygen atoms in total. The third-order valence-electron chi connectivity index (χ3n) is 6.01. The number of hydrogen-bond acceptors (Lipinski definition) is 3. The Morgan fingerprint density at radius 2 is 1.76 bits per heavy atom. The Balaban J connectivity index is 1.89. The van der Waals surface area contributed by atoms with Gasteiger partial charge in [-0.25, -0.2) is 18.0 Å². The third kappa shape index (κ3) is 3.30. The van der Waals surface area contributed by atoms with Crippen LogP contribution in [0.15, 0.2) is 53.5 Å². The van der Waals surface area contributed by atoms with Gasteiger partial charge in [0.05, 0.1) is 16.6 Å². The average molecular weight is 450 g/mol. The lowest BCUT2D eigenvalue weighted by atomic mass is 9.94. The molecule has 8 heteroatoms. The number of hydrogen-bond donors (Lipinski definition) is 2. The van der Waals surface area contributed by atoms with E-state index in [9.17, 15) is 23.5 Å². The minimum atomic E-state index is -1.54. The first-order valence-electron chi connectivity index (χ1n) is 10.2. The van der Waals surface area contributed by atoms with Crippen LogP contribution in [0, 0.1) is 24.4 Å². The van der Waals surface area contributed by atoms with Crippen LogP contribution < -0.4 is 10.7 Å². The summed E-state index contributed by atoms with van der Waals surface area (Å²) in [4.78, 5) is 24.6. The van der Waals surface area contributed by atoms with Gasteiger partial charge in [0.15, 0.2) is 0 Å². The number of fused-ring (bicyclic) bond motifs is 2. The van der Waals surface area contributed by atoms with Gasteiger partial charge >= 0.3 is 5.97 Å². The first kappa shape index (κ1) is 21.0. The molecule has 2 heterocycles. The summed E-state index contributed by atoms with van der Waals surface area (Å²) in [5, 5.41) is 12.5. The lowest BCUT2D eigenvalue weighted by Gasteiger charge is -2.18. The second-order valence-corrected chi connectivity index (χ2v) is 7.98. The SMILES string of the molecule is Cc1c(-c2ccc3c(c2)CNC3)c(F)cc2c(=O)c(C(=O)O)cn(-c3ccc(F)cc3F)c12. The van der Waals surface area contributed by atoms with Crippen molar-refractivity contribution in [2.45, 2.75) is 20.0 Å². The third-order valence-corrected chi connectivity index (χ3v) is 6.01. The molecule has 33 heavy (non-hydrogen) atoms. The molecular formula is C25H17F3N2O3. The number of nitrogens with zero attached hydrogens (tertiary/aromatic N) is 1. The number of carboxylic acids is 1. The fraction of sp³-hybridized carbons (Fsp3) is 0.120. The van der Waals surface area contributed by atoms with E-state index in [1.165, 1.54) is 4.57 Å². The number of aromatic carboxylic acids is 1. The highest BCUT2D eigenvalue weighted by Gasteiger charge is 2.23. The van der Waals surface area contributed by atoms with E-state index in [1.807, 2.05) is 12.1 Å². The number of pyridine rings is 1. The van der Waals surface area contributed by atoms with Crippen molar-refractivity contribution >= 4 is 16.9 Å². The van der Waals surface area contributed by atoms with Crippen molar-refractivity contribution in [2.24, 2.45) is 0 Å². The molecule has 0 saturated carbocycles. The molecule has 5 rings (SSSR count). The first-order valence-corrected chi connectivity index (χ1v) is 10.2. The average Bonchev–Trinajstić information content (AvgIpc) is 3.22. The van der Waals surface area contributed by atoms with Crippen molar-refractivity contribution in [3.63, 3.8) is 0 Å². The summed E-state index contributed by atoms with van der Waals surface area (Å²) in [5.74, 6) is -4.00. The van der Waals surface area contributed by atoms with Crippen molar-refractivity contribution in [1.82, 2.24) is 9.88 Å². The van der Waals surface area contributed by atoms with Crippen LogP contribution in [-0.2, 0) is 13.1 Å². The summed E-state index contributed by atoms with van der Waals surface area (Å²) >= 11 is 0. The predicted octanol–water partition coefficient (Wildman–Crippen LogP) is 4.68. The maximum atomic E-state index is 15.4. The van der Waals surface area contributed by atoms with Gasteiger partial charge in [-0.3, -0.25) is 4.79 Å². The lowest BCUT2D eigenvalue weighted by Crippen LogP contribution is -2.20. The van der Waals surface area contributed by atoms with Gasteiger partial charge in [0.2, 0.25) is 5.43 Å². The standard InChI is InChI=1S/C25H17F3N2O3/c1-12-22(13-2-3-14-9-29-10-15(14)6-13)20(28)8-17-23(12)30(11-18(24(17)31)25(32)33)21-5-4-16(26)7-19(21)27/h2-8,11,29H,9-10H2,1H3,(H,32,33). The number of benzene rings is 3. The second-order valence-electron chi connectivity index (χ2n) is 7.98. The fourth-order valence-corrected chi connectivity index (χ4v) is 4.47. The molecule has 0 aliphatic carbocycles. The monoisotopic (exact) mass is 450 g/mol. The van der Waals surface area contributed by atoms with E-state index >= 15 is 4.39 Å². The van der Waals surface area contributed by atoms with Crippen molar-refractivity contribution in [2.75, 3.05) is 0 Å². The van der Waals surface area contributed by atoms with E-state index in [1.54, 1.807) is 13.0 Å². The molecule has 0 unspecified atom stereocenters. The van der Waals surface area contributed by atoms with Gasteiger partial charge in [0, 0.05) is 30.9 Å². The highest BCUT2D eigenvalue weighted by Crippen LogP contribution is 2.35. The van der Waals surface area contributed by atoms with Gasteiger partial charge in [-0.15, -0.1) is 0 Å². The molecule has 0 saturated heterocycles. The largest absolute Gasteiger partial charge is 0.477 e. The minimum absolute atomic E-state index is 0.144. The molecule has 0 radical (unpaired) electrons. The first-order chi connectivity index (χ1) is 15.8. The zero-order chi connectivity index (χ0) is 23.4. The summed E-state index contributed by atoms with van der Waals surface area (Å²) in [6, 6.07) is 9.34. The van der Waals surface area contributed by atoms with Crippen molar-refractivity contribution in [1.29, 1.82) is 0 Å². The normalized spacial score (nSPS) is 12.8. The number of nitrogens with one attached hydrogen (secondary N) is 1. The van der Waals surface area contributed by atoms with Crippen LogP contribution >= 0.6 is 0 Å². The van der Waals surface area contributed by atoms with Crippen LogP contribution in [0.4, 0.5) is 13.2 Å². The summed E-state index contributed by atoms with van der Waals surface area (Å²) in [6.45, 7) is 2.95. The van der Waals surface area contributed by atoms with Gasteiger partial charge in [0.25, 0.3) is 0 Å². The highest BCUT2D eigenvalue weighted by molar-refractivity contribution is 5.96. The Labute approximate surface area is 185 Å². The van der Waals surface area contributed by atoms with Crippen molar-refractivity contribution in [3.8, 4) is 16.8 Å². The number of aromatic nitrogens is 1. The number of aryl methyl sites for hydroxylation is 1. The quantitative estimate of drug-likeness (QED) is 0.475. The second kappa shape index (κ2) is 7.60. The Kier molecular flexibility index (Phi) is 4.83. The molecule has 0 bridgehead atoms. The van der Waals surface area contributed by atoms with Gasteiger partial charge in [-0.1, -0.05) is 12.1 Å². The van der Waals surface area contributed by atoms with E-state index in [0.29, 0.717) is 23.7 Å². The molecule has 0 spiro atoms. The van der Waals surface area contributed by atoms with Crippen LogP contribution in [0.5, 0.6) is 0 Å². The topological polar surface area (TPSA) is 71.3 Å². The lowest BCUT2D eigenvalue weighted by molar-refractivity contribution is 0.0695. The fourth-order valence-electron chi connectivity index (χ4n) is 4.47. The number of halogens is 3. The molecular weight excluding hydrogens is 433 g/mol. The van der Waals surface area contributed by atoms with Gasteiger partial charge in [0.1, 0.15) is 23.0 Å². The molecule has 0 atom stereocenters. The molecule has 0 fully saturated rings. The number of carboxylic acid groups (broad SMARTS) is 1. The van der Waals surface area contributed by atoms with Crippen LogP contribution in [0.25, 0.3) is 27.7 Å². The van der Waals surface area contributed by atoms with E-state index in [2.05, 4.69) is 5.32 Å². The predicted molar refractivity (Wildman–Crippen MR) is 117 cm³/mol. The van der Waals surface area contributed by atoms with Gasteiger partial charge in [-0.05, 0) is 53.4 Å². The maximum absolute atomic E-state index is 15.4. The molecule has 1 aliphatic heterocycles. The maximum Gasteiger partial charge on any atom is 0.341 e. The number of rotatable bonds is 3. The Bertz CT molecular complexity index is 1540. The van der Waals surface area contributed by atoms with Crippen LogP contribution in [-0.4, -0.2) is 15.6 Å². The summed E-state index contributed by atoms with van der Waals surface area (Å²) in [5.41, 5.74) is 1.70. The minimum Gasteiger partial charge on any atom is -0.477 e. The Morgan fingerprint density at radius 1 is 1.00 bits per heavy atom. The smallest absolute Gasteiger partial charge is 0.341 e. The zero-order valence-corrected chi connectivity index (χ0v) is 17.4. The summed E-state index contributed by atoms with van der Waals surface area (Å²) in [7, 11) is 0. The van der Waals surface area contributed by atoms with Crippen LogP contribution in [0.2, 0.25) is 0 Å². The van der Waals surface area contributed by atoms with E-state index in [-0.39, 0.29) is 22.2 Å². The zero-order valence-electron chi connectivity index (χ0n) is 17.4. The van der Waals surface area contributed by atoms with Crippen LogP contribution in [0.1, 0.15) is 27.0 Å². The highest BCUT2D eigenvalue weighted by atomic mass is 19.1. The van der Waals surface area contributed by atoms with E-state index < -0.39 is 34.4 Å². The molecule has 1 aromatic heterocycles. The Morgan fingerprint density at radius 3 is 2.48 bits per heavy atom. The molecule has 2 N–H and O–H groups in total. The van der Waals surface area contributed by atoms with Crippen molar-refractivity contribution < 1.29 is 23.1 Å². The summed E-state index contributed by atoms with van der Waals surface area (Å²) < 4.78 is 44.8. The Hall–Kier alpha value is -3.91. The summed E-state index contributed by atoms with van der Waals surface area (Å²) in [6.07, 6.45) is 0.991. The molecule has 3 aromatic carbocycles. The molecule has 1 aliphatic rings. The molecule has 166 valence electrons. The molecule has 4 aromatic rings. The van der Waals surface area contributed by atoms with Crippen molar-refractivity contribution in [3.05, 3.63) is 98.6 Å². The molecule has 0 amide bonds. The van der Waals surface area contributed by atoms with E-state index in [0.717, 1.165) is 42.1 Å².